The van der Waals surface area contributed by atoms with Crippen molar-refractivity contribution in [2.75, 3.05) is 0 Å². The molecule has 1 aliphatic rings. The summed E-state index contributed by atoms with van der Waals surface area (Å²) in [6.07, 6.45) is 3.49. The summed E-state index contributed by atoms with van der Waals surface area (Å²) >= 11 is -0.556. The second-order valence-electron chi connectivity index (χ2n) is 3.82. The van der Waals surface area contributed by atoms with Crippen molar-refractivity contribution in [3.05, 3.63) is 41.0 Å². The number of allylic oxidation sites excluding steroid dienone is 1. The number of halogens is 2. The van der Waals surface area contributed by atoms with Gasteiger partial charge in [-0.3, -0.25) is 0 Å². The van der Waals surface area contributed by atoms with E-state index >= 15 is 0 Å². The van der Waals surface area contributed by atoms with Crippen LogP contribution in [-0.2, 0) is 23.5 Å². The Morgan fingerprint density at radius 3 is 2.33 bits per heavy atom. The number of benzene rings is 1. The average molecular weight is 277 g/mol. The third-order valence-electron chi connectivity index (χ3n) is 2.53. The summed E-state index contributed by atoms with van der Waals surface area (Å²) in [6.45, 7) is 4.52. The quantitative estimate of drug-likeness (QED) is 0.655. The predicted molar refractivity (Wildman–Crippen MR) is 64.7 cm³/mol. The van der Waals surface area contributed by atoms with E-state index in [1.807, 2.05) is 0 Å². The molecule has 1 aromatic rings. The molecule has 0 aliphatic heterocycles. The SMILES string of the molecule is CC(C)C1=Cc2ccccc2C1.[Cl][Ti][Cl]. The Morgan fingerprint density at radius 1 is 1.20 bits per heavy atom. The number of hydrogen-bond donors (Lipinski definition) is 0. The van der Waals surface area contributed by atoms with Gasteiger partial charge < -0.3 is 0 Å². The van der Waals surface area contributed by atoms with Gasteiger partial charge in [0.25, 0.3) is 0 Å². The van der Waals surface area contributed by atoms with Crippen LogP contribution in [0.3, 0.4) is 0 Å². The van der Waals surface area contributed by atoms with Gasteiger partial charge in [-0.25, -0.2) is 0 Å². The third-order valence-corrected chi connectivity index (χ3v) is 2.53. The molecule has 0 unspecified atom stereocenters. The molecule has 0 aromatic heterocycles. The van der Waals surface area contributed by atoms with E-state index in [2.05, 4.69) is 44.2 Å². The first-order valence-corrected chi connectivity index (χ1v) is 9.23. The van der Waals surface area contributed by atoms with Crippen molar-refractivity contribution in [3.63, 3.8) is 0 Å². The molecule has 0 spiro atoms. The van der Waals surface area contributed by atoms with Crippen LogP contribution < -0.4 is 0 Å². The van der Waals surface area contributed by atoms with E-state index in [0.717, 1.165) is 6.42 Å². The van der Waals surface area contributed by atoms with Gasteiger partial charge in [-0.1, -0.05) is 49.8 Å². The summed E-state index contributed by atoms with van der Waals surface area (Å²) in [5.41, 5.74) is 4.47. The molecule has 0 saturated heterocycles. The Kier molecular flexibility index (Phi) is 6.00. The maximum atomic E-state index is 4.89. The molecule has 80 valence electrons. The molecule has 15 heavy (non-hydrogen) atoms. The summed E-state index contributed by atoms with van der Waals surface area (Å²) in [4.78, 5) is 0. The summed E-state index contributed by atoms with van der Waals surface area (Å²) in [7, 11) is 9.78. The van der Waals surface area contributed by atoms with E-state index in [-0.39, 0.29) is 0 Å². The fourth-order valence-electron chi connectivity index (χ4n) is 1.68. The Morgan fingerprint density at radius 2 is 1.80 bits per heavy atom. The Balaban J connectivity index is 0.000000337. The molecule has 2 rings (SSSR count). The van der Waals surface area contributed by atoms with Crippen LogP contribution in [-0.4, -0.2) is 0 Å². The first-order chi connectivity index (χ1) is 7.19. The molecular formula is C12H14Cl2Ti. The Labute approximate surface area is 108 Å². The van der Waals surface area contributed by atoms with Gasteiger partial charge in [0.1, 0.15) is 0 Å². The van der Waals surface area contributed by atoms with Crippen LogP contribution in [0.25, 0.3) is 6.08 Å². The van der Waals surface area contributed by atoms with E-state index in [0.29, 0.717) is 5.92 Å². The molecule has 0 nitrogen and oxygen atoms in total. The standard InChI is InChI=1S/C12H14.2ClH.Ti/c1-9(2)12-7-10-5-3-4-6-11(10)8-12;;;/h3-7,9H,8H2,1-2H3;2*1H;/q;;;+2/p-2. The Hall–Kier alpha value is 0.254. The van der Waals surface area contributed by atoms with Gasteiger partial charge in [0.05, 0.1) is 0 Å². The first kappa shape index (κ1) is 13.3. The van der Waals surface area contributed by atoms with Crippen molar-refractivity contribution >= 4 is 24.7 Å². The molecule has 0 amide bonds. The van der Waals surface area contributed by atoms with Crippen molar-refractivity contribution < 1.29 is 17.0 Å². The third kappa shape index (κ3) is 3.96. The molecule has 0 fully saturated rings. The van der Waals surface area contributed by atoms with Crippen LogP contribution in [0.15, 0.2) is 29.8 Å². The second kappa shape index (κ2) is 6.75. The zero-order valence-electron chi connectivity index (χ0n) is 8.93. The molecule has 1 aromatic carbocycles. The van der Waals surface area contributed by atoms with Crippen LogP contribution >= 0.6 is 18.6 Å². The molecule has 0 heterocycles. The molecule has 0 bridgehead atoms. The molecule has 1 aliphatic carbocycles. The summed E-state index contributed by atoms with van der Waals surface area (Å²) in [5, 5.41) is 0. The molecule has 0 N–H and O–H groups in total. The topological polar surface area (TPSA) is 0 Å². The van der Waals surface area contributed by atoms with Gasteiger partial charge in [-0.2, -0.15) is 0 Å². The van der Waals surface area contributed by atoms with E-state index in [9.17, 15) is 0 Å². The van der Waals surface area contributed by atoms with Gasteiger partial charge in [0, 0.05) is 0 Å². The van der Waals surface area contributed by atoms with Crippen molar-refractivity contribution in [1.82, 2.24) is 0 Å². The minimum atomic E-state index is -0.556. The molecule has 0 radical (unpaired) electrons. The van der Waals surface area contributed by atoms with Crippen molar-refractivity contribution in [2.45, 2.75) is 20.3 Å². The van der Waals surface area contributed by atoms with E-state index in [4.69, 9.17) is 18.6 Å². The van der Waals surface area contributed by atoms with Gasteiger partial charge in [-0.05, 0) is 23.5 Å². The van der Waals surface area contributed by atoms with Gasteiger partial charge >= 0.3 is 35.6 Å². The van der Waals surface area contributed by atoms with Crippen LogP contribution in [0.2, 0.25) is 0 Å². The molecular weight excluding hydrogens is 263 g/mol. The number of fused-ring (bicyclic) bond motifs is 1. The Bertz CT molecular complexity index is 345. The maximum absolute atomic E-state index is 4.89. The van der Waals surface area contributed by atoms with E-state index in [1.165, 1.54) is 11.1 Å². The number of hydrogen-bond acceptors (Lipinski definition) is 0. The van der Waals surface area contributed by atoms with Gasteiger partial charge in [-0.15, -0.1) is 0 Å². The summed E-state index contributed by atoms with van der Waals surface area (Å²) in [6, 6.07) is 8.65. The van der Waals surface area contributed by atoms with Gasteiger partial charge in [0.15, 0.2) is 0 Å². The van der Waals surface area contributed by atoms with E-state index in [1.54, 1.807) is 5.57 Å². The van der Waals surface area contributed by atoms with E-state index < -0.39 is 17.0 Å². The van der Waals surface area contributed by atoms with Crippen molar-refractivity contribution in [2.24, 2.45) is 5.92 Å². The normalized spacial score (nSPS) is 12.7. The monoisotopic (exact) mass is 276 g/mol. The first-order valence-electron chi connectivity index (χ1n) is 4.93. The van der Waals surface area contributed by atoms with Crippen molar-refractivity contribution in [1.29, 1.82) is 0 Å². The van der Waals surface area contributed by atoms with Crippen LogP contribution in [0.5, 0.6) is 0 Å². The number of rotatable bonds is 1. The van der Waals surface area contributed by atoms with Crippen molar-refractivity contribution in [3.8, 4) is 0 Å². The molecule has 3 heteroatoms. The van der Waals surface area contributed by atoms with Crippen LogP contribution in [0.4, 0.5) is 0 Å². The zero-order chi connectivity index (χ0) is 11.3. The average Bonchev–Trinajstić information content (AvgIpc) is 2.62. The minimum absolute atomic E-state index is 0.556. The fraction of sp³-hybridized carbons (Fsp3) is 0.333. The van der Waals surface area contributed by atoms with Gasteiger partial charge in [0.2, 0.25) is 0 Å². The summed E-state index contributed by atoms with van der Waals surface area (Å²) in [5.74, 6) is 0.692. The summed E-state index contributed by atoms with van der Waals surface area (Å²) < 4.78 is 0. The second-order valence-corrected chi connectivity index (χ2v) is 6.40. The van der Waals surface area contributed by atoms with Crippen LogP contribution in [0, 0.1) is 5.92 Å². The predicted octanol–water partition coefficient (Wildman–Crippen LogP) is 4.66. The van der Waals surface area contributed by atoms with Crippen LogP contribution in [0.1, 0.15) is 25.0 Å². The molecule has 0 saturated carbocycles. The molecule has 0 atom stereocenters. The fourth-order valence-corrected chi connectivity index (χ4v) is 1.68. The zero-order valence-corrected chi connectivity index (χ0v) is 12.0.